The smallest absolute Gasteiger partial charge is 0.261 e. The number of rotatable bonds is 2. The maximum atomic E-state index is 13.1. The van der Waals surface area contributed by atoms with E-state index >= 15 is 0 Å². The van der Waals surface area contributed by atoms with Gasteiger partial charge in [0.2, 0.25) is 5.95 Å². The summed E-state index contributed by atoms with van der Waals surface area (Å²) in [4.78, 5) is 26.3. The minimum Gasteiger partial charge on any atom is -0.307 e. The van der Waals surface area contributed by atoms with Crippen LogP contribution in [0.25, 0.3) is 0 Å². The molecule has 2 aliphatic rings. The van der Waals surface area contributed by atoms with Gasteiger partial charge in [-0.1, -0.05) is 36.4 Å². The number of carbonyl (C=O) groups is 1. The zero-order valence-corrected chi connectivity index (χ0v) is 16.0. The predicted octanol–water partition coefficient (Wildman–Crippen LogP) is 4.15. The van der Waals surface area contributed by atoms with Gasteiger partial charge in [-0.05, 0) is 49.9 Å². The lowest BCUT2D eigenvalue weighted by molar-refractivity contribution is 0.0981. The van der Waals surface area contributed by atoms with E-state index < -0.39 is 0 Å². The van der Waals surface area contributed by atoms with Gasteiger partial charge in [-0.15, -0.1) is 0 Å². The Labute approximate surface area is 164 Å². The Morgan fingerprint density at radius 1 is 0.857 bits per heavy atom. The molecule has 3 aromatic rings. The van der Waals surface area contributed by atoms with Crippen LogP contribution >= 0.6 is 0 Å². The summed E-state index contributed by atoms with van der Waals surface area (Å²) in [5.41, 5.74) is 5.18. The van der Waals surface area contributed by atoms with E-state index in [0.29, 0.717) is 17.6 Å². The number of hydrogen-bond donors (Lipinski definition) is 0. The summed E-state index contributed by atoms with van der Waals surface area (Å²) in [5.74, 6) is 0.600. The fraction of sp³-hybridized carbons (Fsp3) is 0.261. The Bertz CT molecular complexity index is 1050. The van der Waals surface area contributed by atoms with E-state index in [1.165, 1.54) is 11.1 Å². The van der Waals surface area contributed by atoms with Crippen LogP contribution in [0.5, 0.6) is 0 Å². The van der Waals surface area contributed by atoms with Crippen molar-refractivity contribution in [3.63, 3.8) is 0 Å². The summed E-state index contributed by atoms with van der Waals surface area (Å²) < 4.78 is 0. The van der Waals surface area contributed by atoms with Crippen LogP contribution in [0.3, 0.4) is 0 Å². The maximum Gasteiger partial charge on any atom is 0.261 e. The number of fused-ring (bicyclic) bond motifs is 2. The molecule has 140 valence electrons. The molecule has 5 rings (SSSR count). The summed E-state index contributed by atoms with van der Waals surface area (Å²) in [6.07, 6.45) is 5.17. The second-order valence-corrected chi connectivity index (χ2v) is 7.68. The van der Waals surface area contributed by atoms with Crippen molar-refractivity contribution >= 4 is 23.2 Å². The molecular weight excluding hydrogens is 348 g/mol. The van der Waals surface area contributed by atoms with Crippen LogP contribution in [-0.4, -0.2) is 28.0 Å². The highest BCUT2D eigenvalue weighted by Gasteiger charge is 2.32. The van der Waals surface area contributed by atoms with Gasteiger partial charge in [-0.25, -0.2) is 9.97 Å². The largest absolute Gasteiger partial charge is 0.307 e. The van der Waals surface area contributed by atoms with E-state index in [4.69, 9.17) is 0 Å². The molecule has 5 nitrogen and oxygen atoms in total. The number of amides is 1. The van der Waals surface area contributed by atoms with Gasteiger partial charge in [0.25, 0.3) is 5.91 Å². The van der Waals surface area contributed by atoms with Gasteiger partial charge in [0.1, 0.15) is 0 Å². The summed E-state index contributed by atoms with van der Waals surface area (Å²) in [6, 6.07) is 16.9. The van der Waals surface area contributed by atoms with E-state index in [1.807, 2.05) is 29.2 Å². The third-order valence-corrected chi connectivity index (χ3v) is 5.73. The summed E-state index contributed by atoms with van der Waals surface area (Å²) >= 11 is 0. The van der Waals surface area contributed by atoms with Gasteiger partial charge in [-0.2, -0.15) is 0 Å². The number of aromatic nitrogens is 2. The van der Waals surface area contributed by atoms with E-state index in [0.717, 1.165) is 24.2 Å². The van der Waals surface area contributed by atoms with E-state index in [-0.39, 0.29) is 11.9 Å². The molecule has 3 heterocycles. The predicted molar refractivity (Wildman–Crippen MR) is 110 cm³/mol. The summed E-state index contributed by atoms with van der Waals surface area (Å²) in [6.45, 7) is 4.25. The highest BCUT2D eigenvalue weighted by Crippen LogP contribution is 2.36. The van der Waals surface area contributed by atoms with Crippen LogP contribution < -0.4 is 9.80 Å². The number of anilines is 3. The third-order valence-electron chi connectivity index (χ3n) is 5.73. The Morgan fingerprint density at radius 3 is 2.14 bits per heavy atom. The standard InChI is InChI=1S/C23H22N4O/c1-15-11-17-7-3-5-9-20(17)26(15)22(28)19-13-24-23(25-14-19)27-16(2)12-18-8-4-6-10-21(18)27/h3-10,13-16H,11-12H2,1-2H3. The van der Waals surface area contributed by atoms with E-state index in [9.17, 15) is 4.79 Å². The molecule has 0 radical (unpaired) electrons. The molecule has 0 aliphatic carbocycles. The molecule has 1 aromatic heterocycles. The fourth-order valence-electron chi connectivity index (χ4n) is 4.44. The Hall–Kier alpha value is -3.21. The second-order valence-electron chi connectivity index (χ2n) is 7.68. The first-order valence-corrected chi connectivity index (χ1v) is 9.74. The van der Waals surface area contributed by atoms with Crippen LogP contribution in [0.15, 0.2) is 60.9 Å². The molecule has 0 N–H and O–H groups in total. The van der Waals surface area contributed by atoms with Crippen molar-refractivity contribution in [3.05, 3.63) is 77.6 Å². The average Bonchev–Trinajstić information content (AvgIpc) is 3.22. The third kappa shape index (κ3) is 2.58. The first-order valence-electron chi connectivity index (χ1n) is 9.74. The minimum absolute atomic E-state index is 0.0427. The van der Waals surface area contributed by atoms with Crippen LogP contribution in [0.4, 0.5) is 17.3 Å². The minimum atomic E-state index is -0.0427. The SMILES string of the molecule is CC1Cc2ccccc2N1C(=O)c1cnc(N2c3ccccc3CC2C)nc1. The normalized spacial score (nSPS) is 20.2. The van der Waals surface area contributed by atoms with Crippen LogP contribution in [0.2, 0.25) is 0 Å². The molecule has 0 saturated heterocycles. The second kappa shape index (κ2) is 6.44. The fourth-order valence-corrected chi connectivity index (χ4v) is 4.44. The van der Waals surface area contributed by atoms with Crippen molar-refractivity contribution < 1.29 is 4.79 Å². The van der Waals surface area contributed by atoms with Gasteiger partial charge >= 0.3 is 0 Å². The van der Waals surface area contributed by atoms with Crippen molar-refractivity contribution in [2.45, 2.75) is 38.8 Å². The highest BCUT2D eigenvalue weighted by molar-refractivity contribution is 6.07. The Kier molecular flexibility index (Phi) is 3.90. The molecule has 2 aliphatic heterocycles. The highest BCUT2D eigenvalue weighted by atomic mass is 16.2. The van der Waals surface area contributed by atoms with Gasteiger partial charge in [0, 0.05) is 35.9 Å². The average molecular weight is 370 g/mol. The van der Waals surface area contributed by atoms with Crippen molar-refractivity contribution in [3.8, 4) is 0 Å². The van der Waals surface area contributed by atoms with Gasteiger partial charge in [-0.3, -0.25) is 4.79 Å². The van der Waals surface area contributed by atoms with Gasteiger partial charge in [0.05, 0.1) is 5.56 Å². The van der Waals surface area contributed by atoms with Crippen LogP contribution in [-0.2, 0) is 12.8 Å². The lowest BCUT2D eigenvalue weighted by Crippen LogP contribution is -2.36. The molecule has 0 bridgehead atoms. The van der Waals surface area contributed by atoms with Gasteiger partial charge in [0.15, 0.2) is 0 Å². The molecule has 2 atom stereocenters. The molecule has 1 amide bonds. The van der Waals surface area contributed by atoms with Crippen molar-refractivity contribution in [2.75, 3.05) is 9.80 Å². The van der Waals surface area contributed by atoms with Crippen LogP contribution in [0.1, 0.15) is 35.3 Å². The number of hydrogen-bond acceptors (Lipinski definition) is 4. The Balaban J connectivity index is 1.44. The lowest BCUT2D eigenvalue weighted by atomic mass is 10.1. The van der Waals surface area contributed by atoms with Gasteiger partial charge < -0.3 is 9.80 Å². The monoisotopic (exact) mass is 370 g/mol. The molecule has 0 fully saturated rings. The lowest BCUT2D eigenvalue weighted by Gasteiger charge is -2.24. The first kappa shape index (κ1) is 16.9. The number of nitrogens with zero attached hydrogens (tertiary/aromatic N) is 4. The number of carbonyl (C=O) groups excluding carboxylic acids is 1. The maximum absolute atomic E-state index is 13.1. The molecule has 0 saturated carbocycles. The Morgan fingerprint density at radius 2 is 1.43 bits per heavy atom. The van der Waals surface area contributed by atoms with Crippen molar-refractivity contribution in [1.29, 1.82) is 0 Å². The van der Waals surface area contributed by atoms with E-state index in [1.54, 1.807) is 12.4 Å². The molecule has 0 spiro atoms. The first-order chi connectivity index (χ1) is 13.6. The molecule has 28 heavy (non-hydrogen) atoms. The van der Waals surface area contributed by atoms with Crippen LogP contribution in [0, 0.1) is 0 Å². The zero-order chi connectivity index (χ0) is 19.3. The molecule has 2 unspecified atom stereocenters. The topological polar surface area (TPSA) is 49.3 Å². The number of para-hydroxylation sites is 2. The quantitative estimate of drug-likeness (QED) is 0.680. The summed E-state index contributed by atoms with van der Waals surface area (Å²) in [7, 11) is 0. The molecule has 5 heteroatoms. The van der Waals surface area contributed by atoms with E-state index in [2.05, 4.69) is 53.0 Å². The molecule has 2 aromatic carbocycles. The molecular formula is C23H22N4O. The number of benzene rings is 2. The van der Waals surface area contributed by atoms with Crippen molar-refractivity contribution in [1.82, 2.24) is 9.97 Å². The summed E-state index contributed by atoms with van der Waals surface area (Å²) in [5, 5.41) is 0. The van der Waals surface area contributed by atoms with Crippen molar-refractivity contribution in [2.24, 2.45) is 0 Å². The zero-order valence-electron chi connectivity index (χ0n) is 16.0.